The highest BCUT2D eigenvalue weighted by Gasteiger charge is 2.08. The van der Waals surface area contributed by atoms with Crippen LogP contribution in [0.25, 0.3) is 10.9 Å². The fourth-order valence-corrected chi connectivity index (χ4v) is 1.91. The molecule has 2 N–H and O–H groups in total. The highest BCUT2D eigenvalue weighted by Crippen LogP contribution is 2.16. The van der Waals surface area contributed by atoms with E-state index in [0.29, 0.717) is 12.0 Å². The van der Waals surface area contributed by atoms with Crippen LogP contribution in [0.5, 0.6) is 0 Å². The summed E-state index contributed by atoms with van der Waals surface area (Å²) in [6.45, 7) is 4.22. The Morgan fingerprint density at radius 1 is 1.37 bits per heavy atom. The average Bonchev–Trinajstić information content (AvgIpc) is 2.43. The molecule has 100 valence electrons. The van der Waals surface area contributed by atoms with E-state index in [-0.39, 0.29) is 5.56 Å². The van der Waals surface area contributed by atoms with Crippen molar-refractivity contribution in [2.24, 2.45) is 0 Å². The summed E-state index contributed by atoms with van der Waals surface area (Å²) < 4.78 is 0. The first-order valence-electron chi connectivity index (χ1n) is 6.40. The summed E-state index contributed by atoms with van der Waals surface area (Å²) in [5.74, 6) is -0.356. The van der Waals surface area contributed by atoms with Crippen LogP contribution in [-0.2, 0) is 0 Å². The second-order valence-corrected chi connectivity index (χ2v) is 4.43. The van der Waals surface area contributed by atoms with Crippen LogP contribution in [0.4, 0.5) is 5.95 Å². The van der Waals surface area contributed by atoms with Crippen LogP contribution >= 0.6 is 0 Å². The minimum atomic E-state index is -0.943. The van der Waals surface area contributed by atoms with Crippen molar-refractivity contribution >= 4 is 22.8 Å². The number of nitrogens with one attached hydrogen (secondary N) is 1. The third kappa shape index (κ3) is 2.99. The maximum Gasteiger partial charge on any atom is 0.335 e. The third-order valence-corrected chi connectivity index (χ3v) is 3.15. The van der Waals surface area contributed by atoms with Crippen molar-refractivity contribution in [3.05, 3.63) is 30.0 Å². The molecule has 0 saturated carbocycles. The number of aromatic carboxylic acids is 1. The van der Waals surface area contributed by atoms with Gasteiger partial charge in [0.1, 0.15) is 0 Å². The van der Waals surface area contributed by atoms with Crippen molar-refractivity contribution in [3.63, 3.8) is 0 Å². The molecule has 5 heteroatoms. The van der Waals surface area contributed by atoms with Crippen LogP contribution in [0.15, 0.2) is 24.4 Å². The molecule has 0 unspecified atom stereocenters. The van der Waals surface area contributed by atoms with Crippen molar-refractivity contribution in [1.29, 1.82) is 0 Å². The molecule has 0 bridgehead atoms. The number of nitrogens with zero attached hydrogens (tertiary/aromatic N) is 2. The zero-order valence-electron chi connectivity index (χ0n) is 11.1. The minimum absolute atomic E-state index is 0.247. The lowest BCUT2D eigenvalue weighted by atomic mass is 10.1. The van der Waals surface area contributed by atoms with Gasteiger partial charge in [-0.1, -0.05) is 13.8 Å². The lowest BCUT2D eigenvalue weighted by molar-refractivity contribution is 0.0697. The topological polar surface area (TPSA) is 75.1 Å². The Labute approximate surface area is 111 Å². The summed E-state index contributed by atoms with van der Waals surface area (Å²) in [4.78, 5) is 19.5. The van der Waals surface area contributed by atoms with Crippen LogP contribution in [0.2, 0.25) is 0 Å². The van der Waals surface area contributed by atoms with Gasteiger partial charge in [0.2, 0.25) is 5.95 Å². The molecule has 0 saturated heterocycles. The van der Waals surface area contributed by atoms with Crippen LogP contribution in [-0.4, -0.2) is 27.1 Å². The maximum absolute atomic E-state index is 10.9. The molecule has 1 heterocycles. The normalized spacial score (nSPS) is 10.9. The number of hydrogen-bond acceptors (Lipinski definition) is 4. The molecule has 5 nitrogen and oxygen atoms in total. The van der Waals surface area contributed by atoms with Gasteiger partial charge in [0.15, 0.2) is 0 Å². The highest BCUT2D eigenvalue weighted by molar-refractivity contribution is 5.93. The van der Waals surface area contributed by atoms with E-state index in [1.165, 1.54) is 0 Å². The number of carboxylic acids is 1. The predicted octanol–water partition coefficient (Wildman–Crippen LogP) is 2.93. The summed E-state index contributed by atoms with van der Waals surface area (Å²) in [5, 5.41) is 12.9. The van der Waals surface area contributed by atoms with Crippen LogP contribution in [0.3, 0.4) is 0 Å². The molecule has 0 atom stereocenters. The zero-order chi connectivity index (χ0) is 13.8. The van der Waals surface area contributed by atoms with E-state index < -0.39 is 5.97 Å². The first-order valence-corrected chi connectivity index (χ1v) is 6.40. The van der Waals surface area contributed by atoms with Gasteiger partial charge < -0.3 is 10.4 Å². The number of hydrogen-bond donors (Lipinski definition) is 2. The summed E-state index contributed by atoms with van der Waals surface area (Å²) in [6, 6.07) is 5.20. The third-order valence-electron chi connectivity index (χ3n) is 3.15. The largest absolute Gasteiger partial charge is 0.478 e. The van der Waals surface area contributed by atoms with Crippen LogP contribution < -0.4 is 5.32 Å². The molecule has 2 rings (SSSR count). The SMILES string of the molecule is CCC(CC)Nc1ncc2cc(C(=O)O)ccc2n1. The number of anilines is 1. The van der Waals surface area contributed by atoms with E-state index in [4.69, 9.17) is 5.11 Å². The molecule has 19 heavy (non-hydrogen) atoms. The Kier molecular flexibility index (Phi) is 3.94. The number of fused-ring (bicyclic) bond motifs is 1. The Balaban J connectivity index is 2.31. The number of aromatic nitrogens is 2. The van der Waals surface area contributed by atoms with Gasteiger partial charge >= 0.3 is 5.97 Å². The monoisotopic (exact) mass is 259 g/mol. The predicted molar refractivity (Wildman–Crippen MR) is 74.5 cm³/mol. The van der Waals surface area contributed by atoms with E-state index in [1.807, 2.05) is 0 Å². The molecular formula is C14H17N3O2. The minimum Gasteiger partial charge on any atom is -0.478 e. The second-order valence-electron chi connectivity index (χ2n) is 4.43. The molecule has 0 aliphatic rings. The standard InChI is InChI=1S/C14H17N3O2/c1-3-11(4-2)16-14-15-8-10-7-9(13(18)19)5-6-12(10)17-14/h5-8,11H,3-4H2,1-2H3,(H,18,19)(H,15,16,17). The molecular weight excluding hydrogens is 242 g/mol. The number of rotatable bonds is 5. The van der Waals surface area contributed by atoms with Gasteiger partial charge in [-0.05, 0) is 31.0 Å². The highest BCUT2D eigenvalue weighted by atomic mass is 16.4. The lowest BCUT2D eigenvalue weighted by Gasteiger charge is -2.14. The zero-order valence-corrected chi connectivity index (χ0v) is 11.1. The first kappa shape index (κ1) is 13.3. The molecule has 0 radical (unpaired) electrons. The molecule has 0 aliphatic heterocycles. The molecule has 0 aliphatic carbocycles. The van der Waals surface area contributed by atoms with Gasteiger partial charge in [-0.15, -0.1) is 0 Å². The number of carboxylic acid groups (broad SMARTS) is 1. The summed E-state index contributed by atoms with van der Waals surface area (Å²) in [5.41, 5.74) is 0.991. The van der Waals surface area contributed by atoms with E-state index in [9.17, 15) is 4.79 Å². The molecule has 1 aromatic heterocycles. The number of carbonyl (C=O) groups is 1. The quantitative estimate of drug-likeness (QED) is 0.863. The Hall–Kier alpha value is -2.17. The fraction of sp³-hybridized carbons (Fsp3) is 0.357. The van der Waals surface area contributed by atoms with E-state index in [0.717, 1.165) is 23.7 Å². The van der Waals surface area contributed by atoms with E-state index in [2.05, 4.69) is 29.1 Å². The average molecular weight is 259 g/mol. The smallest absolute Gasteiger partial charge is 0.335 e. The van der Waals surface area contributed by atoms with Gasteiger partial charge in [0.25, 0.3) is 0 Å². The summed E-state index contributed by atoms with van der Waals surface area (Å²) in [6.07, 6.45) is 3.67. The first-order chi connectivity index (χ1) is 9.13. The van der Waals surface area contributed by atoms with Gasteiger partial charge in [-0.2, -0.15) is 0 Å². The molecule has 0 spiro atoms. The Morgan fingerprint density at radius 2 is 2.11 bits per heavy atom. The van der Waals surface area contributed by atoms with Crippen LogP contribution in [0, 0.1) is 0 Å². The van der Waals surface area contributed by atoms with Gasteiger partial charge in [-0.3, -0.25) is 0 Å². The van der Waals surface area contributed by atoms with E-state index in [1.54, 1.807) is 24.4 Å². The second kappa shape index (κ2) is 5.65. The van der Waals surface area contributed by atoms with Crippen molar-refractivity contribution < 1.29 is 9.90 Å². The van der Waals surface area contributed by atoms with Crippen molar-refractivity contribution in [2.75, 3.05) is 5.32 Å². The molecule has 1 aromatic carbocycles. The van der Waals surface area contributed by atoms with Crippen molar-refractivity contribution in [3.8, 4) is 0 Å². The van der Waals surface area contributed by atoms with E-state index >= 15 is 0 Å². The Morgan fingerprint density at radius 3 is 2.74 bits per heavy atom. The summed E-state index contributed by atoms with van der Waals surface area (Å²) >= 11 is 0. The molecule has 0 fully saturated rings. The lowest BCUT2D eigenvalue weighted by Crippen LogP contribution is -2.18. The fourth-order valence-electron chi connectivity index (χ4n) is 1.91. The maximum atomic E-state index is 10.9. The molecule has 2 aromatic rings. The van der Waals surface area contributed by atoms with Gasteiger partial charge in [-0.25, -0.2) is 14.8 Å². The van der Waals surface area contributed by atoms with Crippen LogP contribution in [0.1, 0.15) is 37.0 Å². The van der Waals surface area contributed by atoms with Crippen molar-refractivity contribution in [2.45, 2.75) is 32.7 Å². The summed E-state index contributed by atoms with van der Waals surface area (Å²) in [7, 11) is 0. The Bertz CT molecular complexity index is 594. The number of benzene rings is 1. The van der Waals surface area contributed by atoms with Gasteiger partial charge in [0.05, 0.1) is 11.1 Å². The molecule has 0 amide bonds. The van der Waals surface area contributed by atoms with Gasteiger partial charge in [0, 0.05) is 17.6 Å². The van der Waals surface area contributed by atoms with Crippen molar-refractivity contribution in [1.82, 2.24) is 9.97 Å².